The van der Waals surface area contributed by atoms with Crippen molar-refractivity contribution in [3.8, 4) is 0 Å². The fraction of sp³-hybridized carbons (Fsp3) is 0.556. The predicted octanol–water partition coefficient (Wildman–Crippen LogP) is 4.90. The molecule has 0 saturated heterocycles. The summed E-state index contributed by atoms with van der Waals surface area (Å²) in [7, 11) is 0. The molecule has 0 heterocycles. The Balaban J connectivity index is -0.000000209. The van der Waals surface area contributed by atoms with Crippen molar-refractivity contribution >= 4 is 11.0 Å². The number of hydrogen-bond acceptors (Lipinski definition) is 0. The smallest absolute Gasteiger partial charge is 1.00 e. The number of hydrogen-bond donors (Lipinski definition) is 0. The maximum Gasteiger partial charge on any atom is -1.00 e. The minimum Gasteiger partial charge on any atom is -1.00 e. The molecule has 0 fully saturated rings. The summed E-state index contributed by atoms with van der Waals surface area (Å²) in [5.74, 6) is 2.64. The molecule has 0 nitrogen and oxygen atoms in total. The van der Waals surface area contributed by atoms with Crippen molar-refractivity contribution in [2.45, 2.75) is 107 Å². The van der Waals surface area contributed by atoms with Crippen LogP contribution in [0.5, 0.6) is 0 Å². The first-order valence-corrected chi connectivity index (χ1v) is 30.6. The molecule has 0 aromatic heterocycles. The summed E-state index contributed by atoms with van der Waals surface area (Å²) < 4.78 is 0. The topological polar surface area (TPSA) is 0 Å². The van der Waals surface area contributed by atoms with Crippen LogP contribution in [0.4, 0.5) is 0 Å². The summed E-state index contributed by atoms with van der Waals surface area (Å²) in [6.07, 6.45) is 34.4. The van der Waals surface area contributed by atoms with Crippen LogP contribution in [-0.2, 0) is 46.0 Å². The van der Waals surface area contributed by atoms with Gasteiger partial charge in [0.15, 0.2) is 0 Å². The van der Waals surface area contributed by atoms with Crippen LogP contribution in [0.2, 0.25) is 26.2 Å². The number of halogens is 2. The molecule has 0 aliphatic heterocycles. The molecule has 0 saturated carbocycles. The van der Waals surface area contributed by atoms with E-state index < -0.39 is 0 Å². The van der Waals surface area contributed by atoms with Gasteiger partial charge in [-0.2, -0.15) is 24.3 Å². The maximum atomic E-state index is 3.26. The summed E-state index contributed by atoms with van der Waals surface area (Å²) in [6, 6.07) is 0. The average Bonchev–Trinajstić information content (AvgIpc) is 3.68. The summed E-state index contributed by atoms with van der Waals surface area (Å²) in [6.45, 7) is 26.9. The van der Waals surface area contributed by atoms with Crippen LogP contribution in [-0.4, -0.2) is 11.0 Å². The molecule has 232 valence electrons. The molecule has 4 aliphatic rings. The average molecular weight is 973 g/mol. The Morgan fingerprint density at radius 2 is 0.595 bits per heavy atom. The number of rotatable bonds is 4. The molecule has 0 bridgehead atoms. The van der Waals surface area contributed by atoms with Gasteiger partial charge in [-0.25, -0.2) is 46.6 Å². The first-order valence-electron chi connectivity index (χ1n) is 14.8. The van der Waals surface area contributed by atoms with Crippen molar-refractivity contribution in [1.29, 1.82) is 0 Å². The van der Waals surface area contributed by atoms with Crippen LogP contribution in [0, 0.1) is 48.0 Å². The van der Waals surface area contributed by atoms with E-state index in [1.165, 1.54) is 68.3 Å². The second-order valence-corrected chi connectivity index (χ2v) is 37.1. The standard InChI is InChI=1S/4C8H11.2C2H6Si.2ClH.2Hf/c4*1-7(2)8-5-3-4-6-8;2*1-3-2;;;;/h4*3,5,7H,4H2,1-2H3;2*1-2H3;2*1H;;/q4*-1;;;;;2*+2/p-2. The van der Waals surface area contributed by atoms with Crippen molar-refractivity contribution in [2.24, 2.45) is 23.7 Å². The van der Waals surface area contributed by atoms with Crippen molar-refractivity contribution < 1.29 is 70.8 Å². The van der Waals surface area contributed by atoms with E-state index in [9.17, 15) is 0 Å². The fourth-order valence-corrected chi connectivity index (χ4v) is 3.27. The third kappa shape index (κ3) is 32.1. The Hall–Kier alpha value is 0.674. The van der Waals surface area contributed by atoms with E-state index in [1.54, 1.807) is 0 Å². The molecule has 4 aliphatic carbocycles. The Morgan fingerprint density at radius 3 is 0.643 bits per heavy atom. The maximum absolute atomic E-state index is 3.26. The quantitative estimate of drug-likeness (QED) is 0.278. The van der Waals surface area contributed by atoms with Crippen molar-refractivity contribution in [3.05, 3.63) is 95.2 Å². The molecular formula is C36H56Cl2Hf2Si2-2. The molecule has 6 heteroatoms. The minimum absolute atomic E-state index is 0. The van der Waals surface area contributed by atoms with Gasteiger partial charge in [0.25, 0.3) is 0 Å². The largest absolute Gasteiger partial charge is 1.00 e. The molecular weight excluding hydrogens is 916 g/mol. The Labute approximate surface area is 305 Å². The van der Waals surface area contributed by atoms with Gasteiger partial charge in [0.1, 0.15) is 0 Å². The van der Waals surface area contributed by atoms with Gasteiger partial charge in [-0.3, -0.25) is 24.3 Å². The monoisotopic (exact) mass is 974 g/mol. The van der Waals surface area contributed by atoms with Crippen molar-refractivity contribution in [2.75, 3.05) is 0 Å². The normalized spacial score (nSPS) is 14.8. The SMILES string of the molecule is CC(C)C1=[C-]CC=C1.CC(C)C1=[C-]CC=C1.CC(C)C1=[C-]CC=C1.CC(C)C1=[C-]CC=C1.C[Si](C)=[Hf+2].C[Si](C)=[Hf+2].[Cl-].[Cl-]. The molecule has 4 rings (SSSR count). The summed E-state index contributed by atoms with van der Waals surface area (Å²) in [5.41, 5.74) is 5.98. The third-order valence-corrected chi connectivity index (χ3v) is 5.37. The Morgan fingerprint density at radius 1 is 0.452 bits per heavy atom. The Bertz CT molecular complexity index is 834. The zero-order valence-electron chi connectivity index (χ0n) is 28.5. The van der Waals surface area contributed by atoms with Gasteiger partial charge in [-0.15, -0.1) is 25.7 Å². The summed E-state index contributed by atoms with van der Waals surface area (Å²) in [4.78, 5) is 0. The van der Waals surface area contributed by atoms with Crippen molar-refractivity contribution in [3.63, 3.8) is 0 Å². The molecule has 0 radical (unpaired) electrons. The first-order chi connectivity index (χ1) is 18.7. The summed E-state index contributed by atoms with van der Waals surface area (Å²) in [5, 5.41) is 0. The summed E-state index contributed by atoms with van der Waals surface area (Å²) >= 11 is 2.90. The molecule has 0 atom stereocenters. The van der Waals surface area contributed by atoms with Gasteiger partial charge in [0.05, 0.1) is 0 Å². The van der Waals surface area contributed by atoms with E-state index in [2.05, 4.69) is 154 Å². The van der Waals surface area contributed by atoms with Gasteiger partial charge in [0, 0.05) is 0 Å². The minimum atomic E-state index is 0. The molecule has 42 heavy (non-hydrogen) atoms. The number of allylic oxidation sites excluding steroid dienone is 16. The van der Waals surface area contributed by atoms with Crippen LogP contribution in [0.25, 0.3) is 0 Å². The van der Waals surface area contributed by atoms with Gasteiger partial charge in [-0.05, 0) is 0 Å². The van der Waals surface area contributed by atoms with Crippen LogP contribution in [0.1, 0.15) is 81.1 Å². The van der Waals surface area contributed by atoms with E-state index >= 15 is 0 Å². The molecule has 0 aromatic carbocycles. The predicted molar refractivity (Wildman–Crippen MR) is 176 cm³/mol. The van der Waals surface area contributed by atoms with E-state index in [0.717, 1.165) is 25.7 Å². The van der Waals surface area contributed by atoms with E-state index in [4.69, 9.17) is 0 Å². The third-order valence-electron chi connectivity index (χ3n) is 5.37. The van der Waals surface area contributed by atoms with E-state index in [1.807, 2.05) is 0 Å². The van der Waals surface area contributed by atoms with E-state index in [-0.39, 0.29) is 35.8 Å². The van der Waals surface area contributed by atoms with Crippen LogP contribution < -0.4 is 24.8 Å². The second kappa shape index (κ2) is 31.6. The molecule has 0 amide bonds. The van der Waals surface area contributed by atoms with Crippen LogP contribution in [0.3, 0.4) is 0 Å². The van der Waals surface area contributed by atoms with Crippen LogP contribution >= 0.6 is 0 Å². The van der Waals surface area contributed by atoms with Crippen molar-refractivity contribution in [1.82, 2.24) is 0 Å². The molecule has 0 spiro atoms. The van der Waals surface area contributed by atoms with Gasteiger partial charge >= 0.3 is 83.2 Å². The van der Waals surface area contributed by atoms with Gasteiger partial charge < -0.3 is 24.8 Å². The zero-order valence-corrected chi connectivity index (χ0v) is 39.2. The van der Waals surface area contributed by atoms with Crippen LogP contribution in [0.15, 0.2) is 70.9 Å². The fourth-order valence-electron chi connectivity index (χ4n) is 3.27. The first kappa shape index (κ1) is 49.6. The van der Waals surface area contributed by atoms with Gasteiger partial charge in [0.2, 0.25) is 0 Å². The van der Waals surface area contributed by atoms with Gasteiger partial charge in [-0.1, -0.05) is 79.1 Å². The molecule has 0 aromatic rings. The molecule has 0 N–H and O–H groups in total. The molecule has 0 unspecified atom stereocenters. The Kier molecular flexibility index (Phi) is 37.3. The van der Waals surface area contributed by atoms with E-state index in [0.29, 0.717) is 23.7 Å². The second-order valence-electron chi connectivity index (χ2n) is 11.6. The zero-order chi connectivity index (χ0) is 31.1.